The lowest BCUT2D eigenvalue weighted by molar-refractivity contribution is 0.0948. The van der Waals surface area contributed by atoms with Gasteiger partial charge in [-0.05, 0) is 51.6 Å². The molecule has 1 aliphatic carbocycles. The number of piperidine rings is 1. The molecule has 4 nitrogen and oxygen atoms in total. The smallest absolute Gasteiger partial charge is 0.263 e. The van der Waals surface area contributed by atoms with Crippen molar-refractivity contribution in [2.45, 2.75) is 51.4 Å². The third-order valence-electron chi connectivity index (χ3n) is 4.67. The zero-order chi connectivity index (χ0) is 14.7. The number of rotatable bonds is 4. The summed E-state index contributed by atoms with van der Waals surface area (Å²) < 4.78 is 0. The van der Waals surface area contributed by atoms with Gasteiger partial charge >= 0.3 is 0 Å². The van der Waals surface area contributed by atoms with Crippen molar-refractivity contribution in [3.63, 3.8) is 0 Å². The maximum absolute atomic E-state index is 12.4. The molecule has 1 saturated carbocycles. The Hall–Kier alpha value is -0.940. The van der Waals surface area contributed by atoms with Crippen molar-refractivity contribution in [1.82, 2.24) is 15.6 Å². The number of amides is 1. The van der Waals surface area contributed by atoms with E-state index in [-0.39, 0.29) is 5.91 Å². The van der Waals surface area contributed by atoms with Gasteiger partial charge in [-0.2, -0.15) is 0 Å². The molecule has 1 saturated heterocycles. The highest BCUT2D eigenvalue weighted by Gasteiger charge is 2.24. The van der Waals surface area contributed by atoms with Gasteiger partial charge < -0.3 is 10.6 Å². The van der Waals surface area contributed by atoms with E-state index in [0.29, 0.717) is 11.8 Å². The van der Waals surface area contributed by atoms with Crippen molar-refractivity contribution in [3.8, 4) is 0 Å². The van der Waals surface area contributed by atoms with Gasteiger partial charge in [-0.3, -0.25) is 4.79 Å². The summed E-state index contributed by atoms with van der Waals surface area (Å²) in [6.45, 7) is 4.88. The Balaban J connectivity index is 1.58. The molecule has 1 aliphatic heterocycles. The summed E-state index contributed by atoms with van der Waals surface area (Å²) in [5.74, 6) is 1.24. The number of carbonyl (C=O) groups excluding carboxylic acids is 1. The summed E-state index contributed by atoms with van der Waals surface area (Å²) in [4.78, 5) is 17.8. The minimum absolute atomic E-state index is 0.0693. The number of hydrogen-bond acceptors (Lipinski definition) is 4. The highest BCUT2D eigenvalue weighted by atomic mass is 32.1. The van der Waals surface area contributed by atoms with Gasteiger partial charge in [0.2, 0.25) is 0 Å². The summed E-state index contributed by atoms with van der Waals surface area (Å²) in [6, 6.07) is 0. The fraction of sp³-hybridized carbons (Fsp3) is 0.750. The molecule has 0 aromatic carbocycles. The van der Waals surface area contributed by atoms with Gasteiger partial charge in [-0.1, -0.05) is 12.8 Å². The largest absolute Gasteiger partial charge is 0.351 e. The molecule has 3 rings (SSSR count). The fourth-order valence-corrected chi connectivity index (χ4v) is 4.54. The van der Waals surface area contributed by atoms with Crippen molar-refractivity contribution in [2.24, 2.45) is 5.92 Å². The molecule has 0 spiro atoms. The van der Waals surface area contributed by atoms with Crippen LogP contribution in [-0.2, 0) is 0 Å². The first kappa shape index (κ1) is 15.0. The summed E-state index contributed by atoms with van der Waals surface area (Å²) in [6.07, 6.45) is 7.51. The summed E-state index contributed by atoms with van der Waals surface area (Å²) in [7, 11) is 0. The lowest BCUT2D eigenvalue weighted by Crippen LogP contribution is -2.38. The molecule has 2 aliphatic rings. The standard InChI is InChI=1S/C16H25N3OS/c1-11-14(21-16(19-11)13-6-2-3-7-13)15(20)18-10-12-5-4-8-17-9-12/h12-13,17H,2-10H2,1H3,(H,18,20). The average Bonchev–Trinajstić information content (AvgIpc) is 3.15. The lowest BCUT2D eigenvalue weighted by Gasteiger charge is -2.22. The summed E-state index contributed by atoms with van der Waals surface area (Å²) in [5, 5.41) is 7.67. The second-order valence-electron chi connectivity index (χ2n) is 6.37. The van der Waals surface area contributed by atoms with Crippen LogP contribution in [0.1, 0.15) is 64.8 Å². The van der Waals surface area contributed by atoms with Gasteiger partial charge in [0.25, 0.3) is 5.91 Å². The molecule has 21 heavy (non-hydrogen) atoms. The van der Waals surface area contributed by atoms with Crippen LogP contribution in [0.3, 0.4) is 0 Å². The highest BCUT2D eigenvalue weighted by molar-refractivity contribution is 7.13. The number of carbonyl (C=O) groups is 1. The highest BCUT2D eigenvalue weighted by Crippen LogP contribution is 2.37. The molecule has 1 atom stereocenters. The molecule has 2 N–H and O–H groups in total. The molecule has 1 aromatic heterocycles. The van der Waals surface area contributed by atoms with Crippen LogP contribution in [0.25, 0.3) is 0 Å². The summed E-state index contributed by atoms with van der Waals surface area (Å²) in [5.41, 5.74) is 0.904. The molecule has 5 heteroatoms. The van der Waals surface area contributed by atoms with Crippen LogP contribution in [0, 0.1) is 12.8 Å². The van der Waals surface area contributed by atoms with E-state index >= 15 is 0 Å². The van der Waals surface area contributed by atoms with E-state index in [1.165, 1.54) is 43.5 Å². The van der Waals surface area contributed by atoms with E-state index in [9.17, 15) is 4.79 Å². The van der Waals surface area contributed by atoms with E-state index < -0.39 is 0 Å². The number of aromatic nitrogens is 1. The van der Waals surface area contributed by atoms with Gasteiger partial charge in [0.15, 0.2) is 0 Å². The van der Waals surface area contributed by atoms with Crippen molar-refractivity contribution in [2.75, 3.05) is 19.6 Å². The van der Waals surface area contributed by atoms with Crippen LogP contribution < -0.4 is 10.6 Å². The van der Waals surface area contributed by atoms with Crippen molar-refractivity contribution in [3.05, 3.63) is 15.6 Å². The predicted molar refractivity (Wildman–Crippen MR) is 86.0 cm³/mol. The first-order valence-electron chi connectivity index (χ1n) is 8.20. The first-order valence-corrected chi connectivity index (χ1v) is 9.02. The van der Waals surface area contributed by atoms with Crippen LogP contribution in [-0.4, -0.2) is 30.5 Å². The molecule has 116 valence electrons. The number of thiazole rings is 1. The third kappa shape index (κ3) is 3.64. The maximum atomic E-state index is 12.4. The molecule has 2 heterocycles. The fourth-order valence-electron chi connectivity index (χ4n) is 3.39. The quantitative estimate of drug-likeness (QED) is 0.899. The van der Waals surface area contributed by atoms with Gasteiger partial charge in [0, 0.05) is 12.5 Å². The Kier molecular flexibility index (Phi) is 4.91. The molecule has 0 radical (unpaired) electrons. The Morgan fingerprint density at radius 3 is 2.86 bits per heavy atom. The maximum Gasteiger partial charge on any atom is 0.263 e. The Morgan fingerprint density at radius 1 is 1.33 bits per heavy atom. The van der Waals surface area contributed by atoms with Crippen LogP contribution in [0.4, 0.5) is 0 Å². The molecular weight excluding hydrogens is 282 g/mol. The predicted octanol–water partition coefficient (Wildman–Crippen LogP) is 2.84. The van der Waals surface area contributed by atoms with Crippen molar-refractivity contribution >= 4 is 17.2 Å². The SMILES string of the molecule is Cc1nc(C2CCCC2)sc1C(=O)NCC1CCCNC1. The number of aryl methyl sites for hydroxylation is 1. The third-order valence-corrected chi connectivity index (χ3v) is 5.99. The summed E-state index contributed by atoms with van der Waals surface area (Å²) >= 11 is 1.61. The van der Waals surface area contributed by atoms with E-state index in [2.05, 4.69) is 15.6 Å². The molecular formula is C16H25N3OS. The number of hydrogen-bond donors (Lipinski definition) is 2. The zero-order valence-corrected chi connectivity index (χ0v) is 13.6. The second kappa shape index (κ2) is 6.88. The van der Waals surface area contributed by atoms with Crippen LogP contribution in [0.2, 0.25) is 0 Å². The number of nitrogens with zero attached hydrogens (tertiary/aromatic N) is 1. The van der Waals surface area contributed by atoms with Gasteiger partial charge in [0.1, 0.15) is 4.88 Å². The minimum atomic E-state index is 0.0693. The van der Waals surface area contributed by atoms with E-state index in [4.69, 9.17) is 0 Å². The lowest BCUT2D eigenvalue weighted by atomic mass is 10.00. The Morgan fingerprint density at radius 2 is 2.14 bits per heavy atom. The second-order valence-corrected chi connectivity index (χ2v) is 7.40. The molecule has 1 amide bonds. The van der Waals surface area contributed by atoms with Crippen molar-refractivity contribution < 1.29 is 4.79 Å². The first-order chi connectivity index (χ1) is 10.2. The Labute approximate surface area is 130 Å². The van der Waals surface area contributed by atoms with Crippen molar-refractivity contribution in [1.29, 1.82) is 0 Å². The van der Waals surface area contributed by atoms with E-state index in [1.807, 2.05) is 6.92 Å². The monoisotopic (exact) mass is 307 g/mol. The van der Waals surface area contributed by atoms with Gasteiger partial charge in [0.05, 0.1) is 10.7 Å². The molecule has 1 unspecified atom stereocenters. The Bertz CT molecular complexity index is 488. The molecule has 2 fully saturated rings. The van der Waals surface area contributed by atoms with Crippen LogP contribution in [0.15, 0.2) is 0 Å². The van der Waals surface area contributed by atoms with Gasteiger partial charge in [-0.15, -0.1) is 11.3 Å². The minimum Gasteiger partial charge on any atom is -0.351 e. The normalized spacial score (nSPS) is 23.4. The number of nitrogens with one attached hydrogen (secondary N) is 2. The van der Waals surface area contributed by atoms with E-state index in [0.717, 1.165) is 30.2 Å². The zero-order valence-electron chi connectivity index (χ0n) is 12.8. The molecule has 1 aromatic rings. The van der Waals surface area contributed by atoms with Crippen LogP contribution >= 0.6 is 11.3 Å². The van der Waals surface area contributed by atoms with Gasteiger partial charge in [-0.25, -0.2) is 4.98 Å². The van der Waals surface area contributed by atoms with E-state index in [1.54, 1.807) is 11.3 Å². The average molecular weight is 307 g/mol. The van der Waals surface area contributed by atoms with Crippen LogP contribution in [0.5, 0.6) is 0 Å². The topological polar surface area (TPSA) is 54.0 Å². The molecule has 0 bridgehead atoms.